The summed E-state index contributed by atoms with van der Waals surface area (Å²) in [4.78, 5) is 14.4. The minimum atomic E-state index is 0.321. The van der Waals surface area contributed by atoms with Crippen molar-refractivity contribution in [2.75, 3.05) is 37.7 Å². The molecule has 0 aromatic heterocycles. The van der Waals surface area contributed by atoms with E-state index in [0.29, 0.717) is 24.5 Å². The average molecular weight is 300 g/mol. The van der Waals surface area contributed by atoms with Gasteiger partial charge >= 0.3 is 0 Å². The minimum absolute atomic E-state index is 0.321. The highest BCUT2D eigenvalue weighted by molar-refractivity contribution is 7.99. The van der Waals surface area contributed by atoms with Crippen molar-refractivity contribution >= 4 is 17.7 Å². The molecule has 2 heterocycles. The van der Waals surface area contributed by atoms with Gasteiger partial charge in [-0.2, -0.15) is 11.8 Å². The molecule has 0 aromatic rings. The monoisotopic (exact) mass is 300 g/mol. The van der Waals surface area contributed by atoms with Gasteiger partial charge in [0.15, 0.2) is 0 Å². The van der Waals surface area contributed by atoms with E-state index in [1.54, 1.807) is 0 Å². The van der Waals surface area contributed by atoms with Gasteiger partial charge in [-0.05, 0) is 25.7 Å². The van der Waals surface area contributed by atoms with Gasteiger partial charge in [0.05, 0.1) is 6.10 Å². The summed E-state index contributed by atoms with van der Waals surface area (Å²) in [5.41, 5.74) is 0. The Morgan fingerprint density at radius 2 is 2.30 bits per heavy atom. The van der Waals surface area contributed by atoms with Crippen LogP contribution in [0.5, 0.6) is 0 Å². The van der Waals surface area contributed by atoms with Gasteiger partial charge in [0.2, 0.25) is 5.91 Å². The molecule has 0 aliphatic carbocycles. The molecule has 2 atom stereocenters. The van der Waals surface area contributed by atoms with Crippen molar-refractivity contribution in [2.45, 2.75) is 51.2 Å². The van der Waals surface area contributed by atoms with Gasteiger partial charge in [0.25, 0.3) is 0 Å². The number of carbonyl (C=O) groups is 1. The molecule has 2 unspecified atom stereocenters. The minimum Gasteiger partial charge on any atom is -0.378 e. The molecule has 2 fully saturated rings. The van der Waals surface area contributed by atoms with Crippen LogP contribution in [-0.4, -0.2) is 60.7 Å². The number of nitrogens with zero attached hydrogens (tertiary/aromatic N) is 1. The summed E-state index contributed by atoms with van der Waals surface area (Å²) < 4.78 is 5.84. The SMILES string of the molecule is CCCOC1CCCN(C(=O)CC2CSCCN2)CC1. The Morgan fingerprint density at radius 1 is 1.40 bits per heavy atom. The fourth-order valence-corrected chi connectivity index (χ4v) is 3.81. The van der Waals surface area contributed by atoms with E-state index in [1.165, 1.54) is 5.75 Å². The number of thioether (sulfide) groups is 1. The van der Waals surface area contributed by atoms with Crippen LogP contribution in [0.3, 0.4) is 0 Å². The molecule has 0 spiro atoms. The third-order valence-electron chi connectivity index (χ3n) is 4.00. The number of amides is 1. The molecule has 20 heavy (non-hydrogen) atoms. The van der Waals surface area contributed by atoms with Crippen LogP contribution in [0.15, 0.2) is 0 Å². The van der Waals surface area contributed by atoms with Crippen molar-refractivity contribution < 1.29 is 9.53 Å². The van der Waals surface area contributed by atoms with E-state index in [4.69, 9.17) is 4.74 Å². The van der Waals surface area contributed by atoms with E-state index in [1.807, 2.05) is 11.8 Å². The predicted octanol–water partition coefficient (Wildman–Crippen LogP) is 1.89. The molecule has 4 nitrogen and oxygen atoms in total. The summed E-state index contributed by atoms with van der Waals surface area (Å²) in [6, 6.07) is 0.372. The molecule has 0 aromatic carbocycles. The highest BCUT2D eigenvalue weighted by atomic mass is 32.2. The van der Waals surface area contributed by atoms with E-state index >= 15 is 0 Å². The molecule has 0 bridgehead atoms. The average Bonchev–Trinajstić information content (AvgIpc) is 2.72. The number of hydrogen-bond donors (Lipinski definition) is 1. The molecule has 1 amide bonds. The highest BCUT2D eigenvalue weighted by Gasteiger charge is 2.24. The Kier molecular flexibility index (Phi) is 7.17. The van der Waals surface area contributed by atoms with Gasteiger partial charge in [-0.1, -0.05) is 6.92 Å². The van der Waals surface area contributed by atoms with Gasteiger partial charge in [-0.15, -0.1) is 0 Å². The fraction of sp³-hybridized carbons (Fsp3) is 0.933. The van der Waals surface area contributed by atoms with Crippen molar-refractivity contribution in [3.8, 4) is 0 Å². The Labute approximate surface area is 127 Å². The van der Waals surface area contributed by atoms with Crippen molar-refractivity contribution in [1.82, 2.24) is 10.2 Å². The third kappa shape index (κ3) is 5.26. The first kappa shape index (κ1) is 16.1. The van der Waals surface area contributed by atoms with E-state index in [2.05, 4.69) is 17.1 Å². The van der Waals surface area contributed by atoms with Gasteiger partial charge in [0, 0.05) is 50.2 Å². The lowest BCUT2D eigenvalue weighted by Gasteiger charge is -2.26. The van der Waals surface area contributed by atoms with Crippen molar-refractivity contribution in [3.05, 3.63) is 0 Å². The summed E-state index contributed by atoms with van der Waals surface area (Å²) in [6.07, 6.45) is 5.26. The second kappa shape index (κ2) is 8.90. The van der Waals surface area contributed by atoms with E-state index in [-0.39, 0.29) is 0 Å². The largest absolute Gasteiger partial charge is 0.378 e. The van der Waals surface area contributed by atoms with Crippen molar-refractivity contribution in [2.24, 2.45) is 0 Å². The Hall–Kier alpha value is -0.260. The summed E-state index contributed by atoms with van der Waals surface area (Å²) in [5.74, 6) is 2.56. The zero-order valence-electron chi connectivity index (χ0n) is 12.6. The lowest BCUT2D eigenvalue weighted by molar-refractivity contribution is -0.131. The second-order valence-corrected chi connectivity index (χ2v) is 6.88. The zero-order valence-corrected chi connectivity index (χ0v) is 13.4. The molecule has 0 radical (unpaired) electrons. The summed E-state index contributed by atoms with van der Waals surface area (Å²) in [5, 5.41) is 3.45. The summed E-state index contributed by atoms with van der Waals surface area (Å²) in [6.45, 7) is 5.80. The van der Waals surface area contributed by atoms with Crippen LogP contribution in [0, 0.1) is 0 Å². The van der Waals surface area contributed by atoms with Crippen LogP contribution in [-0.2, 0) is 9.53 Å². The van der Waals surface area contributed by atoms with Crippen LogP contribution in [0.1, 0.15) is 39.0 Å². The second-order valence-electron chi connectivity index (χ2n) is 5.73. The van der Waals surface area contributed by atoms with Crippen molar-refractivity contribution in [1.29, 1.82) is 0 Å². The number of hydrogen-bond acceptors (Lipinski definition) is 4. The van der Waals surface area contributed by atoms with Crippen LogP contribution >= 0.6 is 11.8 Å². The third-order valence-corrected chi connectivity index (χ3v) is 5.14. The number of carbonyl (C=O) groups excluding carboxylic acids is 1. The van der Waals surface area contributed by atoms with Crippen LogP contribution in [0.2, 0.25) is 0 Å². The van der Waals surface area contributed by atoms with E-state index < -0.39 is 0 Å². The summed E-state index contributed by atoms with van der Waals surface area (Å²) >= 11 is 1.95. The first-order valence-corrected chi connectivity index (χ1v) is 9.15. The molecule has 0 saturated carbocycles. The lowest BCUT2D eigenvalue weighted by atomic mass is 10.1. The van der Waals surface area contributed by atoms with Gasteiger partial charge < -0.3 is 15.0 Å². The molecule has 5 heteroatoms. The molecule has 2 saturated heterocycles. The standard InChI is InChI=1S/C15H28N2O2S/c1-2-9-19-14-4-3-7-17(8-5-14)15(18)11-13-12-20-10-6-16-13/h13-14,16H,2-12H2,1H3. The maximum atomic E-state index is 12.4. The molecule has 2 aliphatic rings. The molecular weight excluding hydrogens is 272 g/mol. The highest BCUT2D eigenvalue weighted by Crippen LogP contribution is 2.17. The topological polar surface area (TPSA) is 41.6 Å². The molecule has 2 rings (SSSR count). The molecular formula is C15H28N2O2S. The first-order valence-electron chi connectivity index (χ1n) is 8.00. The van der Waals surface area contributed by atoms with Gasteiger partial charge in [-0.3, -0.25) is 4.79 Å². The smallest absolute Gasteiger partial charge is 0.224 e. The quantitative estimate of drug-likeness (QED) is 0.842. The first-order chi connectivity index (χ1) is 9.79. The maximum absolute atomic E-state index is 12.4. The molecule has 2 aliphatic heterocycles. The zero-order chi connectivity index (χ0) is 14.2. The Balaban J connectivity index is 1.72. The summed E-state index contributed by atoms with van der Waals surface area (Å²) in [7, 11) is 0. The van der Waals surface area contributed by atoms with Crippen LogP contribution in [0.4, 0.5) is 0 Å². The van der Waals surface area contributed by atoms with Crippen LogP contribution < -0.4 is 5.32 Å². The van der Waals surface area contributed by atoms with E-state index in [9.17, 15) is 4.79 Å². The Bertz CT molecular complexity index is 296. The van der Waals surface area contributed by atoms with Crippen LogP contribution in [0.25, 0.3) is 0 Å². The lowest BCUT2D eigenvalue weighted by Crippen LogP contribution is -2.43. The molecule has 116 valence electrons. The van der Waals surface area contributed by atoms with Gasteiger partial charge in [0.1, 0.15) is 0 Å². The normalized spacial score (nSPS) is 28.1. The number of likely N-dealkylation sites (tertiary alicyclic amines) is 1. The molecule has 1 N–H and O–H groups in total. The van der Waals surface area contributed by atoms with E-state index in [0.717, 1.165) is 57.7 Å². The number of nitrogens with one attached hydrogen (secondary N) is 1. The number of rotatable bonds is 5. The fourth-order valence-electron chi connectivity index (χ4n) is 2.86. The Morgan fingerprint density at radius 3 is 3.05 bits per heavy atom. The van der Waals surface area contributed by atoms with Crippen molar-refractivity contribution in [3.63, 3.8) is 0 Å². The van der Waals surface area contributed by atoms with Gasteiger partial charge in [-0.25, -0.2) is 0 Å². The number of ether oxygens (including phenoxy) is 1. The maximum Gasteiger partial charge on any atom is 0.224 e. The predicted molar refractivity (Wildman–Crippen MR) is 84.2 cm³/mol.